The summed E-state index contributed by atoms with van der Waals surface area (Å²) in [5.41, 5.74) is 1.77. The van der Waals surface area contributed by atoms with Crippen LogP contribution in [0.25, 0.3) is 0 Å². The molecule has 0 saturated heterocycles. The lowest BCUT2D eigenvalue weighted by Gasteiger charge is -2.10. The van der Waals surface area contributed by atoms with Crippen molar-refractivity contribution in [3.05, 3.63) is 11.9 Å². The second kappa shape index (κ2) is 5.58. The number of anilines is 1. The van der Waals surface area contributed by atoms with Gasteiger partial charge in [-0.2, -0.15) is 0 Å². The monoisotopic (exact) mass is 220 g/mol. The molecule has 0 aliphatic heterocycles. The first-order valence-corrected chi connectivity index (χ1v) is 5.59. The first-order chi connectivity index (χ1) is 7.54. The van der Waals surface area contributed by atoms with Gasteiger partial charge in [0.2, 0.25) is 5.95 Å². The van der Waals surface area contributed by atoms with E-state index in [4.69, 9.17) is 0 Å². The molecule has 1 heterocycles. The van der Waals surface area contributed by atoms with Gasteiger partial charge in [-0.05, 0) is 19.3 Å². The molecule has 0 radical (unpaired) electrons. The normalized spacial score (nSPS) is 13.1. The summed E-state index contributed by atoms with van der Waals surface area (Å²) in [4.78, 5) is 14.9. The van der Waals surface area contributed by atoms with Gasteiger partial charge < -0.3 is 4.90 Å². The number of hydrogen-bond donors (Lipinski definition) is 0. The molecule has 1 aromatic rings. The average molecular weight is 220 g/mol. The van der Waals surface area contributed by atoms with Crippen molar-refractivity contribution in [3.63, 3.8) is 0 Å². The molecular weight excluding hydrogens is 200 g/mol. The van der Waals surface area contributed by atoms with E-state index in [2.05, 4.69) is 28.8 Å². The predicted octanol–water partition coefficient (Wildman–Crippen LogP) is 2.60. The lowest BCUT2D eigenvalue weighted by Crippen LogP contribution is -2.12. The summed E-state index contributed by atoms with van der Waals surface area (Å²) in [6, 6.07) is 0. The summed E-state index contributed by atoms with van der Waals surface area (Å²) < 4.78 is 0. The minimum atomic E-state index is 0.493. The number of aliphatic imine (C=N–C) groups is 1. The highest BCUT2D eigenvalue weighted by Crippen LogP contribution is 2.17. The largest absolute Gasteiger partial charge is 0.347 e. The second-order valence-corrected chi connectivity index (χ2v) is 4.20. The van der Waals surface area contributed by atoms with Gasteiger partial charge in [0.1, 0.15) is 5.69 Å². The summed E-state index contributed by atoms with van der Waals surface area (Å²) in [6.07, 6.45) is 4.83. The molecule has 0 aliphatic rings. The molecule has 4 heteroatoms. The zero-order valence-corrected chi connectivity index (χ0v) is 10.7. The fraction of sp³-hybridized carbons (Fsp3) is 0.583. The van der Waals surface area contributed by atoms with E-state index in [0.29, 0.717) is 5.92 Å². The topological polar surface area (TPSA) is 41.4 Å². The van der Waals surface area contributed by atoms with Gasteiger partial charge in [0.05, 0.1) is 11.9 Å². The third-order valence-electron chi connectivity index (χ3n) is 2.45. The van der Waals surface area contributed by atoms with Crippen molar-refractivity contribution in [3.8, 4) is 0 Å². The van der Waals surface area contributed by atoms with Crippen LogP contribution in [-0.2, 0) is 0 Å². The molecule has 0 spiro atoms. The molecule has 0 saturated carbocycles. The molecule has 16 heavy (non-hydrogen) atoms. The van der Waals surface area contributed by atoms with Crippen molar-refractivity contribution in [1.29, 1.82) is 0 Å². The SMILES string of the molecule is CCC(C)/C=N\c1cnc(N(C)C)nc1C. The maximum absolute atomic E-state index is 4.41. The molecule has 88 valence electrons. The Hall–Kier alpha value is -1.45. The van der Waals surface area contributed by atoms with Gasteiger partial charge >= 0.3 is 0 Å². The average Bonchev–Trinajstić information content (AvgIpc) is 2.26. The Morgan fingerprint density at radius 3 is 2.69 bits per heavy atom. The quantitative estimate of drug-likeness (QED) is 0.732. The Bertz CT molecular complexity index is 371. The van der Waals surface area contributed by atoms with Gasteiger partial charge in [0.15, 0.2) is 0 Å². The van der Waals surface area contributed by atoms with Gasteiger partial charge in [-0.1, -0.05) is 13.8 Å². The minimum Gasteiger partial charge on any atom is -0.347 e. The Morgan fingerprint density at radius 2 is 2.19 bits per heavy atom. The zero-order valence-electron chi connectivity index (χ0n) is 10.7. The summed E-state index contributed by atoms with van der Waals surface area (Å²) in [5.74, 6) is 1.22. The molecule has 0 aromatic carbocycles. The van der Waals surface area contributed by atoms with Crippen LogP contribution in [-0.4, -0.2) is 30.3 Å². The fourth-order valence-electron chi connectivity index (χ4n) is 1.10. The highest BCUT2D eigenvalue weighted by molar-refractivity contribution is 5.65. The van der Waals surface area contributed by atoms with Crippen LogP contribution < -0.4 is 4.90 Å². The van der Waals surface area contributed by atoms with Crippen molar-refractivity contribution in [2.75, 3.05) is 19.0 Å². The highest BCUT2D eigenvalue weighted by Gasteiger charge is 2.03. The Labute approximate surface area is 97.4 Å². The molecule has 1 rings (SSSR count). The smallest absolute Gasteiger partial charge is 0.225 e. The van der Waals surface area contributed by atoms with E-state index < -0.39 is 0 Å². The maximum atomic E-state index is 4.41. The molecule has 1 atom stereocenters. The summed E-state index contributed by atoms with van der Waals surface area (Å²) in [7, 11) is 3.85. The van der Waals surface area contributed by atoms with E-state index in [1.807, 2.05) is 32.1 Å². The molecular formula is C12H20N4. The molecule has 0 amide bonds. The Kier molecular flexibility index (Phi) is 4.40. The van der Waals surface area contributed by atoms with Crippen LogP contribution in [0.1, 0.15) is 26.0 Å². The van der Waals surface area contributed by atoms with Gasteiger partial charge in [0, 0.05) is 20.3 Å². The third kappa shape index (κ3) is 3.29. The van der Waals surface area contributed by atoms with Crippen LogP contribution in [0.3, 0.4) is 0 Å². The predicted molar refractivity (Wildman–Crippen MR) is 68.7 cm³/mol. The van der Waals surface area contributed by atoms with Crippen molar-refractivity contribution in [2.45, 2.75) is 27.2 Å². The van der Waals surface area contributed by atoms with Crippen molar-refractivity contribution < 1.29 is 0 Å². The van der Waals surface area contributed by atoms with Crippen LogP contribution in [0, 0.1) is 12.8 Å². The van der Waals surface area contributed by atoms with E-state index in [0.717, 1.165) is 23.8 Å². The van der Waals surface area contributed by atoms with Crippen LogP contribution in [0.4, 0.5) is 11.6 Å². The molecule has 4 nitrogen and oxygen atoms in total. The van der Waals surface area contributed by atoms with E-state index in [1.54, 1.807) is 6.20 Å². The van der Waals surface area contributed by atoms with E-state index >= 15 is 0 Å². The lowest BCUT2D eigenvalue weighted by molar-refractivity contribution is 0.754. The van der Waals surface area contributed by atoms with Gasteiger partial charge in [0.25, 0.3) is 0 Å². The van der Waals surface area contributed by atoms with E-state index in [9.17, 15) is 0 Å². The van der Waals surface area contributed by atoms with E-state index in [-0.39, 0.29) is 0 Å². The first-order valence-electron chi connectivity index (χ1n) is 5.59. The standard InChI is InChI=1S/C12H20N4/c1-6-9(2)7-13-11-8-14-12(16(4)5)15-10(11)3/h7-9H,6H2,1-5H3/b13-7-. The van der Waals surface area contributed by atoms with Gasteiger partial charge in [-0.3, -0.25) is 4.99 Å². The number of hydrogen-bond acceptors (Lipinski definition) is 4. The van der Waals surface area contributed by atoms with Crippen molar-refractivity contribution in [2.24, 2.45) is 10.9 Å². The second-order valence-electron chi connectivity index (χ2n) is 4.20. The number of aromatic nitrogens is 2. The Morgan fingerprint density at radius 1 is 1.50 bits per heavy atom. The number of nitrogens with zero attached hydrogens (tertiary/aromatic N) is 4. The van der Waals surface area contributed by atoms with Crippen LogP contribution >= 0.6 is 0 Å². The fourth-order valence-corrected chi connectivity index (χ4v) is 1.10. The minimum absolute atomic E-state index is 0.493. The molecule has 1 unspecified atom stereocenters. The maximum Gasteiger partial charge on any atom is 0.225 e. The molecule has 0 N–H and O–H groups in total. The van der Waals surface area contributed by atoms with Crippen LogP contribution in [0.2, 0.25) is 0 Å². The summed E-state index contributed by atoms with van der Waals surface area (Å²) in [5, 5.41) is 0. The zero-order chi connectivity index (χ0) is 12.1. The highest BCUT2D eigenvalue weighted by atomic mass is 15.2. The van der Waals surface area contributed by atoms with Crippen molar-refractivity contribution >= 4 is 17.9 Å². The van der Waals surface area contributed by atoms with Crippen LogP contribution in [0.5, 0.6) is 0 Å². The molecule has 1 aromatic heterocycles. The summed E-state index contributed by atoms with van der Waals surface area (Å²) >= 11 is 0. The molecule has 0 fully saturated rings. The third-order valence-corrected chi connectivity index (χ3v) is 2.45. The van der Waals surface area contributed by atoms with E-state index in [1.165, 1.54) is 0 Å². The molecule has 0 bridgehead atoms. The van der Waals surface area contributed by atoms with Crippen LogP contribution in [0.15, 0.2) is 11.2 Å². The first kappa shape index (κ1) is 12.6. The number of rotatable bonds is 4. The Balaban J connectivity index is 2.87. The number of aryl methyl sites for hydroxylation is 1. The molecule has 0 aliphatic carbocycles. The summed E-state index contributed by atoms with van der Waals surface area (Å²) in [6.45, 7) is 6.25. The lowest BCUT2D eigenvalue weighted by atomic mass is 10.1. The van der Waals surface area contributed by atoms with Gasteiger partial charge in [-0.15, -0.1) is 0 Å². The van der Waals surface area contributed by atoms with Crippen molar-refractivity contribution in [1.82, 2.24) is 9.97 Å². The van der Waals surface area contributed by atoms with Gasteiger partial charge in [-0.25, -0.2) is 9.97 Å².